The summed E-state index contributed by atoms with van der Waals surface area (Å²) in [5, 5.41) is 23.6. The number of fused-ring (bicyclic) bond motifs is 1. The third-order valence-corrected chi connectivity index (χ3v) is 6.59. The van der Waals surface area contributed by atoms with Crippen LogP contribution in [0, 0.1) is 6.92 Å². The molecule has 12 heteroatoms. The molecule has 0 spiro atoms. The van der Waals surface area contributed by atoms with Gasteiger partial charge in [-0.1, -0.05) is 29.6 Å². The molecule has 11 nitrogen and oxygen atoms in total. The summed E-state index contributed by atoms with van der Waals surface area (Å²) in [5.41, 5.74) is 3.99. The van der Waals surface area contributed by atoms with Crippen LogP contribution in [0.3, 0.4) is 0 Å². The maximum atomic E-state index is 12.9. The van der Waals surface area contributed by atoms with E-state index >= 15 is 0 Å². The maximum Gasteiger partial charge on any atom is 0.323 e. The molecule has 2 amide bonds. The molecule has 1 saturated carbocycles. The first-order valence-corrected chi connectivity index (χ1v) is 12.4. The number of anilines is 2. The first-order valence-electron chi connectivity index (χ1n) is 12.0. The lowest BCUT2D eigenvalue weighted by atomic mass is 10.0. The minimum Gasteiger partial charge on any atom is -0.396 e. The fourth-order valence-corrected chi connectivity index (χ4v) is 4.78. The Bertz CT molecular complexity index is 1380. The van der Waals surface area contributed by atoms with Crippen LogP contribution in [0.15, 0.2) is 29.2 Å². The molecule has 4 aromatic rings. The predicted octanol–water partition coefficient (Wildman–Crippen LogP) is 4.75. The molecule has 188 valence electrons. The SMILES string of the molecule is Cc1cc(NC(=O)Nc2cnc3c(Cl)cnn3c2C2CCCC2)cnc1-c1noc(CCCCO)n1. The molecule has 0 atom stereocenters. The highest BCUT2D eigenvalue weighted by molar-refractivity contribution is 6.33. The maximum absolute atomic E-state index is 12.9. The Morgan fingerprint density at radius 2 is 2.03 bits per heavy atom. The van der Waals surface area contributed by atoms with Crippen molar-refractivity contribution in [3.8, 4) is 11.5 Å². The number of halogens is 1. The van der Waals surface area contributed by atoms with E-state index in [1.54, 1.807) is 29.2 Å². The van der Waals surface area contributed by atoms with Gasteiger partial charge in [-0.2, -0.15) is 10.1 Å². The summed E-state index contributed by atoms with van der Waals surface area (Å²) in [4.78, 5) is 26.1. The van der Waals surface area contributed by atoms with Gasteiger partial charge in [0.25, 0.3) is 0 Å². The van der Waals surface area contributed by atoms with Crippen molar-refractivity contribution in [3.05, 3.63) is 46.8 Å². The lowest BCUT2D eigenvalue weighted by Gasteiger charge is -2.17. The Labute approximate surface area is 212 Å². The molecule has 0 aromatic carbocycles. The lowest BCUT2D eigenvalue weighted by molar-refractivity contribution is 0.262. The number of rotatable bonds is 8. The van der Waals surface area contributed by atoms with E-state index in [9.17, 15) is 4.79 Å². The average molecular weight is 511 g/mol. The smallest absolute Gasteiger partial charge is 0.323 e. The number of aromatic nitrogens is 6. The summed E-state index contributed by atoms with van der Waals surface area (Å²) < 4.78 is 7.02. The van der Waals surface area contributed by atoms with Crippen LogP contribution in [0.2, 0.25) is 5.02 Å². The number of nitrogens with one attached hydrogen (secondary N) is 2. The molecule has 0 radical (unpaired) electrons. The monoisotopic (exact) mass is 510 g/mol. The van der Waals surface area contributed by atoms with Gasteiger partial charge in [-0.15, -0.1) is 0 Å². The van der Waals surface area contributed by atoms with E-state index in [2.05, 4.69) is 35.8 Å². The fourth-order valence-electron chi connectivity index (χ4n) is 4.61. The second kappa shape index (κ2) is 10.6. The zero-order chi connectivity index (χ0) is 25.1. The number of hydrogen-bond acceptors (Lipinski definition) is 8. The first kappa shape index (κ1) is 24.1. The molecule has 0 unspecified atom stereocenters. The molecule has 0 saturated heterocycles. The van der Waals surface area contributed by atoms with Crippen LogP contribution < -0.4 is 10.6 Å². The van der Waals surface area contributed by atoms with Gasteiger partial charge < -0.3 is 20.3 Å². The highest BCUT2D eigenvalue weighted by Crippen LogP contribution is 2.38. The molecule has 3 N–H and O–H groups in total. The zero-order valence-corrected chi connectivity index (χ0v) is 20.6. The second-order valence-electron chi connectivity index (χ2n) is 8.93. The molecule has 5 rings (SSSR count). The van der Waals surface area contributed by atoms with Crippen LogP contribution >= 0.6 is 11.6 Å². The molecule has 36 heavy (non-hydrogen) atoms. The van der Waals surface area contributed by atoms with Crippen molar-refractivity contribution >= 4 is 34.7 Å². The standard InChI is InChI=1S/C24H27ClN8O3/c1-14-10-16(11-26-20(14)22-31-19(36-32-22)8-4-5-9-34)29-24(35)30-18-13-27-23-17(25)12-28-33(23)21(18)15-6-2-3-7-15/h10-13,15,34H,2-9H2,1H3,(H2,29,30,35). The summed E-state index contributed by atoms with van der Waals surface area (Å²) in [6, 6.07) is 1.39. The van der Waals surface area contributed by atoms with Gasteiger partial charge in [-0.05, 0) is 44.2 Å². The average Bonchev–Trinajstić information content (AvgIpc) is 3.62. The minimum atomic E-state index is -0.409. The fraction of sp³-hybridized carbons (Fsp3) is 0.417. The molecule has 4 aromatic heterocycles. The minimum absolute atomic E-state index is 0.133. The van der Waals surface area contributed by atoms with Crippen LogP contribution in [0.1, 0.15) is 61.6 Å². The predicted molar refractivity (Wildman–Crippen MR) is 134 cm³/mol. The molecule has 0 bridgehead atoms. The Hall–Kier alpha value is -3.57. The lowest BCUT2D eigenvalue weighted by Crippen LogP contribution is -2.22. The van der Waals surface area contributed by atoms with Gasteiger partial charge in [0.05, 0.1) is 35.7 Å². The highest BCUT2D eigenvalue weighted by Gasteiger charge is 2.25. The van der Waals surface area contributed by atoms with Crippen molar-refractivity contribution in [3.63, 3.8) is 0 Å². The van der Waals surface area contributed by atoms with Crippen LogP contribution in [0.25, 0.3) is 17.2 Å². The Balaban J connectivity index is 1.31. The van der Waals surface area contributed by atoms with Gasteiger partial charge in [0, 0.05) is 18.9 Å². The molecule has 1 fully saturated rings. The van der Waals surface area contributed by atoms with Gasteiger partial charge in [-0.25, -0.2) is 14.3 Å². The van der Waals surface area contributed by atoms with Crippen molar-refractivity contribution in [1.82, 2.24) is 29.7 Å². The summed E-state index contributed by atoms with van der Waals surface area (Å²) in [5.74, 6) is 1.16. The largest absolute Gasteiger partial charge is 0.396 e. The summed E-state index contributed by atoms with van der Waals surface area (Å²) in [6.07, 6.45) is 11.1. The summed E-state index contributed by atoms with van der Waals surface area (Å²) >= 11 is 6.24. The number of amides is 2. The van der Waals surface area contributed by atoms with E-state index in [0.29, 0.717) is 52.3 Å². The van der Waals surface area contributed by atoms with Gasteiger partial charge >= 0.3 is 6.03 Å². The van der Waals surface area contributed by atoms with Crippen LogP contribution in [0.4, 0.5) is 16.2 Å². The van der Waals surface area contributed by atoms with E-state index in [1.165, 1.54) is 0 Å². The number of hydrogen-bond donors (Lipinski definition) is 3. The van der Waals surface area contributed by atoms with E-state index in [0.717, 1.165) is 43.4 Å². The van der Waals surface area contributed by atoms with Crippen molar-refractivity contribution in [2.75, 3.05) is 17.2 Å². The normalized spacial score (nSPS) is 14.0. The van der Waals surface area contributed by atoms with Gasteiger partial charge in [0.1, 0.15) is 10.7 Å². The Kier molecular flexibility index (Phi) is 7.10. The van der Waals surface area contributed by atoms with Crippen LogP contribution in [-0.4, -0.2) is 47.5 Å². The molecule has 4 heterocycles. The number of carbonyl (C=O) groups excluding carboxylic acids is 1. The zero-order valence-electron chi connectivity index (χ0n) is 19.9. The number of aliphatic hydroxyl groups is 1. The van der Waals surface area contributed by atoms with Crippen LogP contribution in [0.5, 0.6) is 0 Å². The summed E-state index contributed by atoms with van der Waals surface area (Å²) in [7, 11) is 0. The van der Waals surface area contributed by atoms with Crippen LogP contribution in [-0.2, 0) is 6.42 Å². The summed E-state index contributed by atoms with van der Waals surface area (Å²) in [6.45, 7) is 2.00. The van der Waals surface area contributed by atoms with Gasteiger partial charge in [0.2, 0.25) is 11.7 Å². The van der Waals surface area contributed by atoms with Crippen molar-refractivity contribution in [2.24, 2.45) is 0 Å². The van der Waals surface area contributed by atoms with Crippen molar-refractivity contribution in [2.45, 2.75) is 57.8 Å². The molecule has 1 aliphatic rings. The number of aliphatic hydroxyl groups excluding tert-OH is 1. The van der Waals surface area contributed by atoms with Gasteiger partial charge in [-0.3, -0.25) is 4.98 Å². The Morgan fingerprint density at radius 3 is 2.81 bits per heavy atom. The second-order valence-corrected chi connectivity index (χ2v) is 9.33. The highest BCUT2D eigenvalue weighted by atomic mass is 35.5. The number of nitrogens with zero attached hydrogens (tertiary/aromatic N) is 6. The van der Waals surface area contributed by atoms with E-state index in [1.807, 2.05) is 6.92 Å². The third-order valence-electron chi connectivity index (χ3n) is 6.33. The molecule has 0 aliphatic heterocycles. The Morgan fingerprint density at radius 1 is 1.19 bits per heavy atom. The number of unbranched alkanes of at least 4 members (excludes halogenated alkanes) is 1. The number of carbonyl (C=O) groups is 1. The molecular formula is C24H27ClN8O3. The van der Waals surface area contributed by atoms with E-state index < -0.39 is 6.03 Å². The van der Waals surface area contributed by atoms with Crippen molar-refractivity contribution in [1.29, 1.82) is 0 Å². The molecule has 1 aliphatic carbocycles. The first-order chi connectivity index (χ1) is 17.5. The van der Waals surface area contributed by atoms with E-state index in [4.69, 9.17) is 21.2 Å². The van der Waals surface area contributed by atoms with E-state index in [-0.39, 0.29) is 12.5 Å². The third kappa shape index (κ3) is 5.02. The number of urea groups is 1. The number of aryl methyl sites for hydroxylation is 2. The molecular weight excluding hydrogens is 484 g/mol. The quantitative estimate of drug-likeness (QED) is 0.288. The topological polar surface area (TPSA) is 143 Å². The van der Waals surface area contributed by atoms with Crippen molar-refractivity contribution < 1.29 is 14.4 Å². The van der Waals surface area contributed by atoms with Gasteiger partial charge in [0.15, 0.2) is 5.65 Å². The number of pyridine rings is 1.